The van der Waals surface area contributed by atoms with Crippen LogP contribution in [0.1, 0.15) is 5.56 Å². The fourth-order valence-electron chi connectivity index (χ4n) is 1.59. The van der Waals surface area contributed by atoms with Crippen molar-refractivity contribution in [3.05, 3.63) is 41.5 Å². The van der Waals surface area contributed by atoms with Crippen LogP contribution in [0.5, 0.6) is 0 Å². The molecule has 2 rings (SSSR count). The van der Waals surface area contributed by atoms with E-state index in [-0.39, 0.29) is 11.6 Å². The maximum atomic E-state index is 13.3. The summed E-state index contributed by atoms with van der Waals surface area (Å²) in [7, 11) is 0. The predicted octanol–water partition coefficient (Wildman–Crippen LogP) is 1.97. The third kappa shape index (κ3) is 2.65. The molecule has 1 N–H and O–H groups in total. The molecule has 4 heteroatoms. The van der Waals surface area contributed by atoms with Gasteiger partial charge in [-0.1, -0.05) is 18.2 Å². The van der Waals surface area contributed by atoms with E-state index in [9.17, 15) is 8.78 Å². The van der Waals surface area contributed by atoms with Crippen LogP contribution in [0.3, 0.4) is 0 Å². The molecule has 0 spiro atoms. The summed E-state index contributed by atoms with van der Waals surface area (Å²) in [6, 6.07) is 3.86. The highest BCUT2D eigenvalue weighted by Crippen LogP contribution is 2.14. The molecule has 16 heavy (non-hydrogen) atoms. The standard InChI is InChI=1S/C12H13F2NO/c13-11-2-1-3-12(14)10(11)5-4-9-8-16-7-6-15-9/h1-5,9,15H,6-8H2/b5-4+. The lowest BCUT2D eigenvalue weighted by atomic mass is 10.1. The van der Waals surface area contributed by atoms with E-state index >= 15 is 0 Å². The van der Waals surface area contributed by atoms with Gasteiger partial charge in [-0.15, -0.1) is 0 Å². The van der Waals surface area contributed by atoms with Crippen LogP contribution in [0.25, 0.3) is 6.08 Å². The second-order valence-corrected chi connectivity index (χ2v) is 3.63. The van der Waals surface area contributed by atoms with E-state index in [2.05, 4.69) is 5.32 Å². The van der Waals surface area contributed by atoms with Gasteiger partial charge in [0, 0.05) is 18.2 Å². The first-order valence-electron chi connectivity index (χ1n) is 5.21. The molecule has 1 aliphatic rings. The number of nitrogens with one attached hydrogen (secondary N) is 1. The molecule has 0 aromatic heterocycles. The van der Waals surface area contributed by atoms with Gasteiger partial charge in [0.25, 0.3) is 0 Å². The quantitative estimate of drug-likeness (QED) is 0.830. The van der Waals surface area contributed by atoms with Crippen molar-refractivity contribution in [1.82, 2.24) is 5.32 Å². The summed E-state index contributed by atoms with van der Waals surface area (Å²) >= 11 is 0. The van der Waals surface area contributed by atoms with Crippen molar-refractivity contribution in [2.24, 2.45) is 0 Å². The van der Waals surface area contributed by atoms with Crippen molar-refractivity contribution in [2.75, 3.05) is 19.8 Å². The van der Waals surface area contributed by atoms with Crippen LogP contribution in [0.2, 0.25) is 0 Å². The first-order valence-corrected chi connectivity index (χ1v) is 5.21. The lowest BCUT2D eigenvalue weighted by Gasteiger charge is -2.20. The average molecular weight is 225 g/mol. The zero-order valence-corrected chi connectivity index (χ0v) is 8.75. The Morgan fingerprint density at radius 1 is 1.31 bits per heavy atom. The second-order valence-electron chi connectivity index (χ2n) is 3.63. The maximum Gasteiger partial charge on any atom is 0.133 e. The van der Waals surface area contributed by atoms with Crippen molar-refractivity contribution < 1.29 is 13.5 Å². The minimum absolute atomic E-state index is 0.00475. The largest absolute Gasteiger partial charge is 0.378 e. The van der Waals surface area contributed by atoms with Gasteiger partial charge in [0.1, 0.15) is 11.6 Å². The number of rotatable bonds is 2. The summed E-state index contributed by atoms with van der Waals surface area (Å²) in [6.45, 7) is 1.97. The van der Waals surface area contributed by atoms with E-state index in [1.165, 1.54) is 24.3 Å². The zero-order chi connectivity index (χ0) is 11.4. The van der Waals surface area contributed by atoms with Crippen LogP contribution in [0, 0.1) is 11.6 Å². The Bertz CT molecular complexity index is 366. The topological polar surface area (TPSA) is 21.3 Å². The van der Waals surface area contributed by atoms with Gasteiger partial charge in [-0.3, -0.25) is 0 Å². The number of ether oxygens (including phenoxy) is 1. The molecule has 0 radical (unpaired) electrons. The van der Waals surface area contributed by atoms with Gasteiger partial charge in [0.05, 0.1) is 13.2 Å². The number of benzene rings is 1. The minimum atomic E-state index is -0.548. The summed E-state index contributed by atoms with van der Waals surface area (Å²) in [5, 5.41) is 3.17. The van der Waals surface area contributed by atoms with E-state index < -0.39 is 11.6 Å². The molecule has 1 aliphatic heterocycles. The van der Waals surface area contributed by atoms with Crippen molar-refractivity contribution >= 4 is 6.08 Å². The van der Waals surface area contributed by atoms with E-state index in [0.717, 1.165) is 6.54 Å². The smallest absolute Gasteiger partial charge is 0.133 e. The highest BCUT2D eigenvalue weighted by atomic mass is 19.1. The summed E-state index contributed by atoms with van der Waals surface area (Å²) in [5.74, 6) is -1.10. The van der Waals surface area contributed by atoms with Crippen LogP contribution >= 0.6 is 0 Å². The Morgan fingerprint density at radius 2 is 2.06 bits per heavy atom. The Kier molecular flexibility index (Phi) is 3.64. The Labute approximate surface area is 92.9 Å². The second kappa shape index (κ2) is 5.18. The van der Waals surface area contributed by atoms with Crippen molar-refractivity contribution in [3.8, 4) is 0 Å². The van der Waals surface area contributed by atoms with Crippen LogP contribution in [0.4, 0.5) is 8.78 Å². The molecule has 0 saturated carbocycles. The Balaban J connectivity index is 2.10. The molecule has 1 saturated heterocycles. The summed E-state index contributed by atoms with van der Waals surface area (Å²) in [4.78, 5) is 0. The fraction of sp³-hybridized carbons (Fsp3) is 0.333. The van der Waals surface area contributed by atoms with Gasteiger partial charge < -0.3 is 10.1 Å². The van der Waals surface area contributed by atoms with E-state index in [1.54, 1.807) is 6.08 Å². The molecule has 1 unspecified atom stereocenters. The number of halogens is 2. The number of hydrogen-bond acceptors (Lipinski definition) is 2. The molecule has 1 aromatic rings. The van der Waals surface area contributed by atoms with E-state index in [0.29, 0.717) is 13.2 Å². The summed E-state index contributed by atoms with van der Waals surface area (Å²) in [6.07, 6.45) is 3.18. The summed E-state index contributed by atoms with van der Waals surface area (Å²) in [5.41, 5.74) is -0.00475. The molecule has 1 heterocycles. The average Bonchev–Trinajstić information content (AvgIpc) is 2.30. The molecule has 2 nitrogen and oxygen atoms in total. The highest BCUT2D eigenvalue weighted by molar-refractivity contribution is 5.51. The zero-order valence-electron chi connectivity index (χ0n) is 8.75. The summed E-state index contributed by atoms with van der Waals surface area (Å²) < 4.78 is 31.8. The van der Waals surface area contributed by atoms with E-state index in [1.807, 2.05) is 0 Å². The van der Waals surface area contributed by atoms with Crippen LogP contribution < -0.4 is 5.32 Å². The third-order valence-electron chi connectivity index (χ3n) is 2.45. The highest BCUT2D eigenvalue weighted by Gasteiger charge is 2.10. The number of hydrogen-bond donors (Lipinski definition) is 1. The van der Waals surface area contributed by atoms with Crippen molar-refractivity contribution in [1.29, 1.82) is 0 Å². The van der Waals surface area contributed by atoms with Crippen LogP contribution in [0.15, 0.2) is 24.3 Å². The lowest BCUT2D eigenvalue weighted by molar-refractivity contribution is 0.0903. The molecule has 0 amide bonds. The van der Waals surface area contributed by atoms with Gasteiger partial charge in [-0.2, -0.15) is 0 Å². The van der Waals surface area contributed by atoms with E-state index in [4.69, 9.17) is 4.74 Å². The minimum Gasteiger partial charge on any atom is -0.378 e. The van der Waals surface area contributed by atoms with Gasteiger partial charge in [0.15, 0.2) is 0 Å². The van der Waals surface area contributed by atoms with Crippen molar-refractivity contribution in [3.63, 3.8) is 0 Å². The molecular weight excluding hydrogens is 212 g/mol. The molecular formula is C12H13F2NO. The Hall–Kier alpha value is -1.26. The molecule has 1 aromatic carbocycles. The first kappa shape index (κ1) is 11.2. The normalized spacial score (nSPS) is 21.5. The van der Waals surface area contributed by atoms with Gasteiger partial charge in [-0.05, 0) is 12.1 Å². The monoisotopic (exact) mass is 225 g/mol. The van der Waals surface area contributed by atoms with Crippen molar-refractivity contribution in [2.45, 2.75) is 6.04 Å². The third-order valence-corrected chi connectivity index (χ3v) is 2.45. The fourth-order valence-corrected chi connectivity index (χ4v) is 1.59. The molecule has 0 bridgehead atoms. The lowest BCUT2D eigenvalue weighted by Crippen LogP contribution is -2.39. The SMILES string of the molecule is Fc1cccc(F)c1/C=C/C1COCCN1. The first-order chi connectivity index (χ1) is 7.77. The molecule has 1 atom stereocenters. The molecule has 86 valence electrons. The Morgan fingerprint density at radius 3 is 2.69 bits per heavy atom. The molecule has 0 aliphatic carbocycles. The van der Waals surface area contributed by atoms with Gasteiger partial charge in [0.2, 0.25) is 0 Å². The van der Waals surface area contributed by atoms with Gasteiger partial charge in [-0.25, -0.2) is 8.78 Å². The number of morpholine rings is 1. The van der Waals surface area contributed by atoms with Crippen LogP contribution in [-0.4, -0.2) is 25.8 Å². The maximum absolute atomic E-state index is 13.3. The molecule has 1 fully saturated rings. The van der Waals surface area contributed by atoms with Gasteiger partial charge >= 0.3 is 0 Å². The predicted molar refractivity (Wildman–Crippen MR) is 58.0 cm³/mol. The van der Waals surface area contributed by atoms with Crippen LogP contribution in [-0.2, 0) is 4.74 Å².